The van der Waals surface area contributed by atoms with Gasteiger partial charge in [0.2, 0.25) is 0 Å². The van der Waals surface area contributed by atoms with Crippen LogP contribution in [0.5, 0.6) is 5.75 Å². The van der Waals surface area contributed by atoms with Gasteiger partial charge in [-0.05, 0) is 17.7 Å². The molecule has 0 saturated carbocycles. The van der Waals surface area contributed by atoms with E-state index in [1.807, 2.05) is 18.2 Å². The highest BCUT2D eigenvalue weighted by Crippen LogP contribution is 2.22. The summed E-state index contributed by atoms with van der Waals surface area (Å²) in [5.74, 6) is 0.804. The molecule has 12 heavy (non-hydrogen) atoms. The Bertz CT molecular complexity index is 300. The van der Waals surface area contributed by atoms with E-state index in [0.717, 1.165) is 16.9 Å². The minimum Gasteiger partial charge on any atom is -0.496 e. The van der Waals surface area contributed by atoms with Gasteiger partial charge in [-0.25, -0.2) is 0 Å². The molecule has 0 saturated heterocycles. The predicted octanol–water partition coefficient (Wildman–Crippen LogP) is 2.68. The standard InChI is InChI=1S/C11H11O/c1-4-9-7-6-8-11(12-3)10(9)5-2/h5-8H,1-2H2,3H3. The van der Waals surface area contributed by atoms with E-state index in [4.69, 9.17) is 4.74 Å². The van der Waals surface area contributed by atoms with Crippen LogP contribution in [-0.2, 0) is 0 Å². The van der Waals surface area contributed by atoms with Gasteiger partial charge in [0.05, 0.1) is 7.11 Å². The van der Waals surface area contributed by atoms with Crippen LogP contribution in [0.25, 0.3) is 6.08 Å². The van der Waals surface area contributed by atoms with Gasteiger partial charge in [-0.3, -0.25) is 0 Å². The lowest BCUT2D eigenvalue weighted by atomic mass is 10.1. The minimum absolute atomic E-state index is 0.804. The van der Waals surface area contributed by atoms with E-state index in [1.54, 1.807) is 13.2 Å². The summed E-state index contributed by atoms with van der Waals surface area (Å²) in [5, 5.41) is 0. The molecule has 0 N–H and O–H groups in total. The molecule has 1 nitrogen and oxygen atoms in total. The van der Waals surface area contributed by atoms with Crippen molar-refractivity contribution in [3.8, 4) is 5.75 Å². The molecule has 0 bridgehead atoms. The molecule has 0 fully saturated rings. The molecule has 0 aliphatic carbocycles. The normalized spacial score (nSPS) is 9.08. The van der Waals surface area contributed by atoms with Crippen LogP contribution in [0.2, 0.25) is 0 Å². The van der Waals surface area contributed by atoms with Gasteiger partial charge in [0.15, 0.2) is 0 Å². The highest BCUT2D eigenvalue weighted by Gasteiger charge is 2.01. The molecular weight excluding hydrogens is 148 g/mol. The van der Waals surface area contributed by atoms with E-state index in [2.05, 4.69) is 19.2 Å². The Morgan fingerprint density at radius 3 is 2.75 bits per heavy atom. The van der Waals surface area contributed by atoms with Crippen molar-refractivity contribution in [3.05, 3.63) is 48.6 Å². The number of ether oxygens (including phenoxy) is 1. The lowest BCUT2D eigenvalue weighted by Crippen LogP contribution is -1.89. The Labute approximate surface area is 73.0 Å². The molecule has 0 aliphatic rings. The molecule has 1 aromatic carbocycles. The van der Waals surface area contributed by atoms with Crippen molar-refractivity contribution in [3.63, 3.8) is 0 Å². The van der Waals surface area contributed by atoms with E-state index in [0.29, 0.717) is 0 Å². The van der Waals surface area contributed by atoms with Crippen molar-refractivity contribution in [2.45, 2.75) is 0 Å². The average molecular weight is 159 g/mol. The zero-order valence-corrected chi connectivity index (χ0v) is 7.13. The molecule has 61 valence electrons. The third kappa shape index (κ3) is 1.40. The number of benzene rings is 1. The van der Waals surface area contributed by atoms with Crippen LogP contribution in [0, 0.1) is 6.08 Å². The first kappa shape index (κ1) is 8.60. The highest BCUT2D eigenvalue weighted by atomic mass is 16.5. The first-order valence-corrected chi connectivity index (χ1v) is 3.66. The summed E-state index contributed by atoms with van der Waals surface area (Å²) in [6.45, 7) is 7.29. The van der Waals surface area contributed by atoms with Gasteiger partial charge in [0.25, 0.3) is 0 Å². The van der Waals surface area contributed by atoms with E-state index in [1.165, 1.54) is 0 Å². The van der Waals surface area contributed by atoms with Crippen molar-refractivity contribution < 1.29 is 4.74 Å². The van der Waals surface area contributed by atoms with Crippen LogP contribution in [0.1, 0.15) is 11.1 Å². The monoisotopic (exact) mass is 159 g/mol. The average Bonchev–Trinajstić information content (AvgIpc) is 2.16. The van der Waals surface area contributed by atoms with Crippen molar-refractivity contribution in [1.29, 1.82) is 0 Å². The molecule has 0 spiro atoms. The Morgan fingerprint density at radius 2 is 2.25 bits per heavy atom. The van der Waals surface area contributed by atoms with Crippen LogP contribution in [0.4, 0.5) is 0 Å². The lowest BCUT2D eigenvalue weighted by molar-refractivity contribution is 0.413. The Hall–Kier alpha value is -1.50. The van der Waals surface area contributed by atoms with Gasteiger partial charge in [0.1, 0.15) is 5.75 Å². The van der Waals surface area contributed by atoms with Crippen LogP contribution in [-0.4, -0.2) is 7.11 Å². The second kappa shape index (κ2) is 3.77. The summed E-state index contributed by atoms with van der Waals surface area (Å²) >= 11 is 0. The molecular formula is C11H11O. The second-order valence-electron chi connectivity index (χ2n) is 2.30. The quantitative estimate of drug-likeness (QED) is 0.658. The van der Waals surface area contributed by atoms with E-state index in [-0.39, 0.29) is 0 Å². The maximum absolute atomic E-state index is 5.14. The SMILES string of the molecule is C=[C]c1cccc(OC)c1C=C. The first-order valence-electron chi connectivity index (χ1n) is 3.66. The fourth-order valence-corrected chi connectivity index (χ4v) is 1.09. The third-order valence-electron chi connectivity index (χ3n) is 1.68. The zero-order chi connectivity index (χ0) is 8.97. The van der Waals surface area contributed by atoms with Gasteiger partial charge >= 0.3 is 0 Å². The molecule has 0 unspecified atom stereocenters. The molecule has 1 aromatic rings. The smallest absolute Gasteiger partial charge is 0.126 e. The van der Waals surface area contributed by atoms with E-state index >= 15 is 0 Å². The summed E-state index contributed by atoms with van der Waals surface area (Å²) < 4.78 is 5.14. The number of hydrogen-bond donors (Lipinski definition) is 0. The van der Waals surface area contributed by atoms with Gasteiger partial charge in [0, 0.05) is 5.56 Å². The molecule has 1 rings (SSSR count). The Morgan fingerprint density at radius 1 is 1.50 bits per heavy atom. The summed E-state index contributed by atoms with van der Waals surface area (Å²) in [6.07, 6.45) is 4.56. The van der Waals surface area contributed by atoms with Crippen LogP contribution >= 0.6 is 0 Å². The molecule has 0 aliphatic heterocycles. The van der Waals surface area contributed by atoms with E-state index < -0.39 is 0 Å². The Kier molecular flexibility index (Phi) is 2.70. The van der Waals surface area contributed by atoms with Crippen LogP contribution in [0.15, 0.2) is 31.4 Å². The predicted molar refractivity (Wildman–Crippen MR) is 51.1 cm³/mol. The van der Waals surface area contributed by atoms with Crippen LogP contribution in [0.3, 0.4) is 0 Å². The number of rotatable bonds is 3. The fraction of sp³-hybridized carbons (Fsp3) is 0.0909. The maximum atomic E-state index is 5.14. The molecule has 0 aromatic heterocycles. The topological polar surface area (TPSA) is 9.23 Å². The van der Waals surface area contributed by atoms with Crippen molar-refractivity contribution >= 4 is 6.08 Å². The third-order valence-corrected chi connectivity index (χ3v) is 1.68. The maximum Gasteiger partial charge on any atom is 0.126 e. The second-order valence-corrected chi connectivity index (χ2v) is 2.30. The van der Waals surface area contributed by atoms with Crippen molar-refractivity contribution in [1.82, 2.24) is 0 Å². The minimum atomic E-state index is 0.804. The summed E-state index contributed by atoms with van der Waals surface area (Å²) in [7, 11) is 1.63. The summed E-state index contributed by atoms with van der Waals surface area (Å²) in [5.41, 5.74) is 1.86. The van der Waals surface area contributed by atoms with Gasteiger partial charge in [-0.15, -0.1) is 0 Å². The van der Waals surface area contributed by atoms with Gasteiger partial charge < -0.3 is 4.74 Å². The number of hydrogen-bond acceptors (Lipinski definition) is 1. The van der Waals surface area contributed by atoms with Gasteiger partial charge in [-0.2, -0.15) is 0 Å². The zero-order valence-electron chi connectivity index (χ0n) is 7.13. The largest absolute Gasteiger partial charge is 0.496 e. The number of methoxy groups -OCH3 is 1. The van der Waals surface area contributed by atoms with Gasteiger partial charge in [-0.1, -0.05) is 31.4 Å². The van der Waals surface area contributed by atoms with E-state index in [9.17, 15) is 0 Å². The molecule has 1 radical (unpaired) electrons. The highest BCUT2D eigenvalue weighted by molar-refractivity contribution is 5.61. The van der Waals surface area contributed by atoms with Crippen molar-refractivity contribution in [2.24, 2.45) is 0 Å². The lowest BCUT2D eigenvalue weighted by Gasteiger charge is -2.06. The molecule has 0 amide bonds. The molecule has 1 heteroatoms. The first-order chi connectivity index (χ1) is 5.83. The van der Waals surface area contributed by atoms with Crippen LogP contribution < -0.4 is 4.74 Å². The molecule has 0 heterocycles. The Balaban J connectivity index is 3.31. The molecule has 0 atom stereocenters. The summed E-state index contributed by atoms with van der Waals surface area (Å²) in [6, 6.07) is 5.71. The van der Waals surface area contributed by atoms with Crippen molar-refractivity contribution in [2.75, 3.05) is 7.11 Å². The fourth-order valence-electron chi connectivity index (χ4n) is 1.09. The summed E-state index contributed by atoms with van der Waals surface area (Å²) in [4.78, 5) is 0.